The van der Waals surface area contributed by atoms with E-state index >= 15 is 0 Å². The summed E-state index contributed by atoms with van der Waals surface area (Å²) in [6, 6.07) is 1.02. The first-order valence-corrected chi connectivity index (χ1v) is 5.12. The number of pyridine rings is 1. The molecular weight excluding hydrogens is 358 g/mol. The number of ether oxygens (including phenoxy) is 1. The van der Waals surface area contributed by atoms with Gasteiger partial charge in [0.2, 0.25) is 5.88 Å². The molecule has 0 atom stereocenters. The third-order valence-corrected chi connectivity index (χ3v) is 2.20. The maximum absolute atomic E-state index is 12.0. The maximum atomic E-state index is 12.0. The first-order chi connectivity index (χ1) is 7.74. The van der Waals surface area contributed by atoms with Gasteiger partial charge in [0.15, 0.2) is 0 Å². The minimum atomic E-state index is -4.98. The summed E-state index contributed by atoms with van der Waals surface area (Å²) >= 11 is 1.55. The van der Waals surface area contributed by atoms with Crippen molar-refractivity contribution in [3.05, 3.63) is 25.4 Å². The van der Waals surface area contributed by atoms with E-state index in [1.165, 1.54) is 0 Å². The summed E-state index contributed by atoms with van der Waals surface area (Å²) in [6.07, 6.45) is -4.98. The number of nitro groups is 1. The fourth-order valence-corrected chi connectivity index (χ4v) is 1.57. The average molecular weight is 363 g/mol. The molecule has 0 fully saturated rings. The Kier molecular flexibility index (Phi) is 4.08. The molecule has 0 saturated heterocycles. The minimum absolute atomic E-state index is 0.00532. The molecule has 10 heteroatoms. The van der Waals surface area contributed by atoms with Crippen LogP contribution in [0, 0.1) is 13.8 Å². The Morgan fingerprint density at radius 3 is 2.59 bits per heavy atom. The molecule has 1 aromatic rings. The van der Waals surface area contributed by atoms with Crippen LogP contribution in [0.2, 0.25) is 0 Å². The molecule has 0 aromatic carbocycles. The van der Waals surface area contributed by atoms with E-state index in [1.54, 1.807) is 22.6 Å². The topological polar surface area (TPSA) is 91.3 Å². The lowest BCUT2D eigenvalue weighted by Gasteiger charge is -2.11. The highest BCUT2D eigenvalue weighted by Gasteiger charge is 2.34. The van der Waals surface area contributed by atoms with Crippen LogP contribution in [0.5, 0.6) is 5.88 Å². The number of hydrogen-bond acceptors (Lipinski definition) is 5. The van der Waals surface area contributed by atoms with Gasteiger partial charge in [-0.15, -0.1) is 13.2 Å². The number of halogens is 4. The molecule has 1 aromatic heterocycles. The van der Waals surface area contributed by atoms with Gasteiger partial charge < -0.3 is 10.5 Å². The molecule has 0 saturated carbocycles. The average Bonchev–Trinajstić information content (AvgIpc) is 2.14. The number of nitrogens with zero attached hydrogens (tertiary/aromatic N) is 2. The highest BCUT2D eigenvalue weighted by molar-refractivity contribution is 14.1. The van der Waals surface area contributed by atoms with Gasteiger partial charge >= 0.3 is 6.36 Å². The molecule has 1 rings (SSSR count). The van der Waals surface area contributed by atoms with E-state index in [1.807, 2.05) is 0 Å². The van der Waals surface area contributed by atoms with Crippen molar-refractivity contribution in [3.8, 4) is 5.88 Å². The predicted octanol–water partition coefficient (Wildman–Crippen LogP) is 1.95. The fraction of sp³-hybridized carbons (Fsp3) is 0.286. The van der Waals surface area contributed by atoms with E-state index in [4.69, 9.17) is 5.73 Å². The molecule has 17 heavy (non-hydrogen) atoms. The summed E-state index contributed by atoms with van der Waals surface area (Å²) in [6.45, 7) is -0.481. The standard InChI is InChI=1S/C7H5F3IN3O3/c8-7(9,10)17-6-3(2-12)4(14(15)16)1-5(11)13-6/h1H,2,12H2. The van der Waals surface area contributed by atoms with Gasteiger partial charge in [0.25, 0.3) is 5.69 Å². The molecule has 6 nitrogen and oxygen atoms in total. The minimum Gasteiger partial charge on any atom is -0.387 e. The summed E-state index contributed by atoms with van der Waals surface area (Å²) in [7, 11) is 0. The van der Waals surface area contributed by atoms with Gasteiger partial charge in [-0.05, 0) is 22.6 Å². The molecule has 0 aliphatic carbocycles. The number of hydrogen-bond donors (Lipinski definition) is 1. The van der Waals surface area contributed by atoms with Crippen molar-refractivity contribution in [2.24, 2.45) is 5.73 Å². The Balaban J connectivity index is 3.33. The van der Waals surface area contributed by atoms with Crippen LogP contribution in [0.15, 0.2) is 6.07 Å². The number of alkyl halides is 3. The summed E-state index contributed by atoms with van der Waals surface area (Å²) in [4.78, 5) is 13.2. The Labute approximate surface area is 106 Å². The van der Waals surface area contributed by atoms with Gasteiger partial charge in [-0.25, -0.2) is 4.98 Å². The third kappa shape index (κ3) is 3.66. The van der Waals surface area contributed by atoms with E-state index in [9.17, 15) is 23.3 Å². The normalized spacial score (nSPS) is 11.4. The Bertz CT molecular complexity index is 452. The zero-order valence-corrected chi connectivity index (χ0v) is 10.2. The van der Waals surface area contributed by atoms with E-state index in [0.29, 0.717) is 0 Å². The Morgan fingerprint density at radius 1 is 1.59 bits per heavy atom. The first-order valence-electron chi connectivity index (χ1n) is 4.04. The van der Waals surface area contributed by atoms with Gasteiger partial charge in [0, 0.05) is 12.6 Å². The van der Waals surface area contributed by atoms with E-state index in [2.05, 4.69) is 9.72 Å². The molecule has 0 amide bonds. The second-order valence-electron chi connectivity index (χ2n) is 2.76. The third-order valence-electron chi connectivity index (χ3n) is 1.64. The van der Waals surface area contributed by atoms with Crippen molar-refractivity contribution in [3.63, 3.8) is 0 Å². The second kappa shape index (κ2) is 5.00. The molecule has 0 bridgehead atoms. The SMILES string of the molecule is NCc1c([N+](=O)[O-])cc(I)nc1OC(F)(F)F. The van der Waals surface area contributed by atoms with E-state index in [-0.39, 0.29) is 3.70 Å². The highest BCUT2D eigenvalue weighted by Crippen LogP contribution is 2.31. The molecule has 0 aliphatic heterocycles. The first kappa shape index (κ1) is 13.9. The summed E-state index contributed by atoms with van der Waals surface area (Å²) in [5.41, 5.74) is 4.22. The van der Waals surface area contributed by atoms with Gasteiger partial charge in [0.1, 0.15) is 9.26 Å². The lowest BCUT2D eigenvalue weighted by molar-refractivity contribution is -0.386. The molecule has 0 aliphatic rings. The highest BCUT2D eigenvalue weighted by atomic mass is 127. The van der Waals surface area contributed by atoms with Crippen LogP contribution in [0.1, 0.15) is 5.56 Å². The lowest BCUT2D eigenvalue weighted by atomic mass is 10.2. The summed E-state index contributed by atoms with van der Waals surface area (Å²) in [5, 5.41) is 10.6. The van der Waals surface area contributed by atoms with Gasteiger partial charge in [0.05, 0.1) is 4.92 Å². The van der Waals surface area contributed by atoms with Crippen molar-refractivity contribution in [1.82, 2.24) is 4.98 Å². The number of rotatable bonds is 3. The van der Waals surface area contributed by atoms with Gasteiger partial charge in [-0.2, -0.15) is 0 Å². The molecule has 0 unspecified atom stereocenters. The Morgan fingerprint density at radius 2 is 2.18 bits per heavy atom. The zero-order valence-electron chi connectivity index (χ0n) is 7.99. The summed E-state index contributed by atoms with van der Waals surface area (Å²) < 4.78 is 39.7. The second-order valence-corrected chi connectivity index (χ2v) is 3.86. The molecule has 94 valence electrons. The van der Waals surface area contributed by atoms with Crippen LogP contribution in [0.3, 0.4) is 0 Å². The molecule has 2 N–H and O–H groups in total. The van der Waals surface area contributed by atoms with Crippen LogP contribution in [-0.4, -0.2) is 16.3 Å². The number of nitrogens with two attached hydrogens (primary N) is 1. The monoisotopic (exact) mass is 363 g/mol. The van der Waals surface area contributed by atoms with Crippen LogP contribution in [0.4, 0.5) is 18.9 Å². The zero-order chi connectivity index (χ0) is 13.2. The van der Waals surface area contributed by atoms with Crippen molar-refractivity contribution in [1.29, 1.82) is 0 Å². The maximum Gasteiger partial charge on any atom is 0.574 e. The van der Waals surface area contributed by atoms with Gasteiger partial charge in [-0.3, -0.25) is 10.1 Å². The van der Waals surface area contributed by atoms with Crippen LogP contribution < -0.4 is 10.5 Å². The van der Waals surface area contributed by atoms with Crippen molar-refractivity contribution in [2.45, 2.75) is 12.9 Å². The van der Waals surface area contributed by atoms with Crippen LogP contribution >= 0.6 is 22.6 Å². The van der Waals surface area contributed by atoms with Crippen molar-refractivity contribution >= 4 is 28.3 Å². The molecule has 0 radical (unpaired) electrons. The lowest BCUT2D eigenvalue weighted by Crippen LogP contribution is -2.20. The molecular formula is C7H5F3IN3O3. The van der Waals surface area contributed by atoms with E-state index in [0.717, 1.165) is 6.07 Å². The van der Waals surface area contributed by atoms with Crippen LogP contribution in [0.25, 0.3) is 0 Å². The Hall–Kier alpha value is -1.17. The quantitative estimate of drug-likeness (QED) is 0.384. The largest absolute Gasteiger partial charge is 0.574 e. The van der Waals surface area contributed by atoms with Crippen LogP contribution in [-0.2, 0) is 6.54 Å². The number of aromatic nitrogens is 1. The predicted molar refractivity (Wildman–Crippen MR) is 58.2 cm³/mol. The smallest absolute Gasteiger partial charge is 0.387 e. The van der Waals surface area contributed by atoms with Crippen molar-refractivity contribution < 1.29 is 22.8 Å². The molecule has 0 spiro atoms. The van der Waals surface area contributed by atoms with E-state index < -0.39 is 35.0 Å². The molecule has 1 heterocycles. The van der Waals surface area contributed by atoms with Crippen molar-refractivity contribution in [2.75, 3.05) is 0 Å². The fourth-order valence-electron chi connectivity index (χ4n) is 1.06. The van der Waals surface area contributed by atoms with Gasteiger partial charge in [-0.1, -0.05) is 0 Å². The summed E-state index contributed by atoms with van der Waals surface area (Å²) in [5.74, 6) is -0.890.